The number of hydrogen-bond acceptors (Lipinski definition) is 3. The average molecular weight is 234 g/mol. The summed E-state index contributed by atoms with van der Waals surface area (Å²) in [6.07, 6.45) is 2.22. The first-order valence-electron chi connectivity index (χ1n) is 5.82. The topological polar surface area (TPSA) is 55.6 Å². The van der Waals surface area contributed by atoms with Gasteiger partial charge in [-0.05, 0) is 31.4 Å². The van der Waals surface area contributed by atoms with Crippen LogP contribution in [0.3, 0.4) is 0 Å². The van der Waals surface area contributed by atoms with E-state index in [1.54, 1.807) is 11.0 Å². The van der Waals surface area contributed by atoms with Gasteiger partial charge in [0.2, 0.25) is 0 Å². The minimum absolute atomic E-state index is 0.0225. The number of benzene rings is 1. The lowest BCUT2D eigenvalue weighted by Crippen LogP contribution is -2.33. The molecule has 1 fully saturated rings. The Morgan fingerprint density at radius 1 is 1.53 bits per heavy atom. The van der Waals surface area contributed by atoms with Gasteiger partial charge in [0.25, 0.3) is 5.91 Å². The van der Waals surface area contributed by atoms with Gasteiger partial charge >= 0.3 is 0 Å². The van der Waals surface area contributed by atoms with Crippen molar-refractivity contribution in [3.8, 4) is 5.75 Å². The second kappa shape index (κ2) is 4.65. The van der Waals surface area contributed by atoms with Crippen molar-refractivity contribution < 1.29 is 9.53 Å². The van der Waals surface area contributed by atoms with Crippen molar-refractivity contribution in [2.45, 2.75) is 25.8 Å². The lowest BCUT2D eigenvalue weighted by atomic mass is 10.2. The molecule has 2 rings (SSSR count). The summed E-state index contributed by atoms with van der Waals surface area (Å²) >= 11 is 0. The zero-order valence-electron chi connectivity index (χ0n) is 10.3. The van der Waals surface area contributed by atoms with Crippen LogP contribution in [0.15, 0.2) is 18.2 Å². The summed E-state index contributed by atoms with van der Waals surface area (Å²) in [6, 6.07) is 5.88. The summed E-state index contributed by atoms with van der Waals surface area (Å²) in [4.78, 5) is 13.5. The van der Waals surface area contributed by atoms with Crippen LogP contribution in [0.1, 0.15) is 18.4 Å². The standard InChI is InChI=1S/C13H18N2O2/c1-9-3-4-10(14)7-12(9)17-8-13(16)15(2)11-5-6-11/h3-4,7,11H,5-6,8,14H2,1-2H3. The van der Waals surface area contributed by atoms with Crippen LogP contribution in [0.25, 0.3) is 0 Å². The fourth-order valence-corrected chi connectivity index (χ4v) is 1.68. The molecule has 0 bridgehead atoms. The van der Waals surface area contributed by atoms with Gasteiger partial charge in [0.15, 0.2) is 6.61 Å². The molecule has 4 heteroatoms. The molecule has 0 heterocycles. The Balaban J connectivity index is 1.92. The minimum Gasteiger partial charge on any atom is -0.483 e. The van der Waals surface area contributed by atoms with Crippen LogP contribution in [0, 0.1) is 6.92 Å². The lowest BCUT2D eigenvalue weighted by molar-refractivity contribution is -0.132. The van der Waals surface area contributed by atoms with Crippen LogP contribution in [-0.4, -0.2) is 30.5 Å². The predicted octanol–water partition coefficient (Wildman–Crippen LogP) is 1.58. The van der Waals surface area contributed by atoms with Gasteiger partial charge in [-0.1, -0.05) is 6.07 Å². The van der Waals surface area contributed by atoms with Crippen molar-refractivity contribution in [3.63, 3.8) is 0 Å². The summed E-state index contributed by atoms with van der Waals surface area (Å²) in [5.41, 5.74) is 7.31. The molecule has 0 atom stereocenters. The number of ether oxygens (including phenoxy) is 1. The third-order valence-corrected chi connectivity index (χ3v) is 3.05. The maximum absolute atomic E-state index is 11.8. The monoisotopic (exact) mass is 234 g/mol. The van der Waals surface area contributed by atoms with Gasteiger partial charge in [-0.15, -0.1) is 0 Å². The number of rotatable bonds is 4. The van der Waals surface area contributed by atoms with Gasteiger partial charge in [-0.3, -0.25) is 4.79 Å². The van der Waals surface area contributed by atoms with Gasteiger partial charge in [-0.2, -0.15) is 0 Å². The second-order valence-electron chi connectivity index (χ2n) is 4.55. The van der Waals surface area contributed by atoms with Gasteiger partial charge in [-0.25, -0.2) is 0 Å². The highest BCUT2D eigenvalue weighted by molar-refractivity contribution is 5.78. The number of carbonyl (C=O) groups is 1. The van der Waals surface area contributed by atoms with Crippen LogP contribution in [0.2, 0.25) is 0 Å². The highest BCUT2D eigenvalue weighted by Crippen LogP contribution is 2.26. The van der Waals surface area contributed by atoms with E-state index < -0.39 is 0 Å². The molecule has 17 heavy (non-hydrogen) atoms. The Bertz CT molecular complexity index is 427. The summed E-state index contributed by atoms with van der Waals surface area (Å²) < 4.78 is 5.51. The third kappa shape index (κ3) is 2.90. The van der Waals surface area contributed by atoms with E-state index in [0.717, 1.165) is 18.4 Å². The van der Waals surface area contributed by atoms with Gasteiger partial charge in [0.1, 0.15) is 5.75 Å². The quantitative estimate of drug-likeness (QED) is 0.805. The molecule has 1 aliphatic carbocycles. The van der Waals surface area contributed by atoms with E-state index in [1.165, 1.54) is 0 Å². The molecule has 1 aromatic rings. The summed E-state index contributed by atoms with van der Waals surface area (Å²) in [5.74, 6) is 0.705. The van der Waals surface area contributed by atoms with Gasteiger partial charge in [0, 0.05) is 24.8 Å². The molecular weight excluding hydrogens is 216 g/mol. The molecule has 1 amide bonds. The molecule has 1 aliphatic rings. The first kappa shape index (κ1) is 11.8. The molecule has 0 aromatic heterocycles. The van der Waals surface area contributed by atoms with Crippen molar-refractivity contribution in [1.29, 1.82) is 0 Å². The van der Waals surface area contributed by atoms with Crippen LogP contribution in [-0.2, 0) is 4.79 Å². The molecule has 2 N–H and O–H groups in total. The molecule has 1 aromatic carbocycles. The lowest BCUT2D eigenvalue weighted by Gasteiger charge is -2.17. The van der Waals surface area contributed by atoms with Crippen LogP contribution < -0.4 is 10.5 Å². The van der Waals surface area contributed by atoms with Crippen LogP contribution >= 0.6 is 0 Å². The molecule has 4 nitrogen and oxygen atoms in total. The van der Waals surface area contributed by atoms with E-state index >= 15 is 0 Å². The van der Waals surface area contributed by atoms with Crippen molar-refractivity contribution in [1.82, 2.24) is 4.90 Å². The Morgan fingerprint density at radius 3 is 2.88 bits per heavy atom. The number of nitrogen functional groups attached to an aromatic ring is 1. The molecule has 92 valence electrons. The minimum atomic E-state index is 0.0225. The number of carbonyl (C=O) groups excluding carboxylic acids is 1. The number of aryl methyl sites for hydroxylation is 1. The van der Waals surface area contributed by atoms with Gasteiger partial charge in [0.05, 0.1) is 0 Å². The Labute approximate surface area is 101 Å². The summed E-state index contributed by atoms with van der Waals surface area (Å²) in [7, 11) is 1.83. The van der Waals surface area contributed by atoms with Crippen LogP contribution in [0.4, 0.5) is 5.69 Å². The summed E-state index contributed by atoms with van der Waals surface area (Å²) in [6.45, 7) is 2.02. The van der Waals surface area contributed by atoms with E-state index in [4.69, 9.17) is 10.5 Å². The molecular formula is C13H18N2O2. The van der Waals surface area contributed by atoms with Crippen LogP contribution in [0.5, 0.6) is 5.75 Å². The van der Waals surface area contributed by atoms with E-state index in [2.05, 4.69) is 0 Å². The Kier molecular flexibility index (Phi) is 3.22. The van der Waals surface area contributed by atoms with E-state index in [-0.39, 0.29) is 12.5 Å². The number of anilines is 1. The van der Waals surface area contributed by atoms with E-state index in [9.17, 15) is 4.79 Å². The molecule has 0 spiro atoms. The zero-order chi connectivity index (χ0) is 12.4. The second-order valence-corrected chi connectivity index (χ2v) is 4.55. The maximum atomic E-state index is 11.8. The SMILES string of the molecule is Cc1ccc(N)cc1OCC(=O)N(C)C1CC1. The molecule has 0 saturated heterocycles. The Morgan fingerprint density at radius 2 is 2.24 bits per heavy atom. The molecule has 0 unspecified atom stereocenters. The normalized spacial score (nSPS) is 14.5. The third-order valence-electron chi connectivity index (χ3n) is 3.05. The molecule has 0 aliphatic heterocycles. The first-order valence-corrected chi connectivity index (χ1v) is 5.82. The van der Waals surface area contributed by atoms with Crippen molar-refractivity contribution in [2.75, 3.05) is 19.4 Å². The number of likely N-dealkylation sites (N-methyl/N-ethyl adjacent to an activating group) is 1. The number of nitrogens with two attached hydrogens (primary N) is 1. The molecule has 1 saturated carbocycles. The number of nitrogens with zero attached hydrogens (tertiary/aromatic N) is 1. The van der Waals surface area contributed by atoms with Crippen molar-refractivity contribution in [2.24, 2.45) is 0 Å². The smallest absolute Gasteiger partial charge is 0.260 e. The maximum Gasteiger partial charge on any atom is 0.260 e. The fraction of sp³-hybridized carbons (Fsp3) is 0.462. The first-order chi connectivity index (χ1) is 8.08. The Hall–Kier alpha value is -1.71. The summed E-state index contributed by atoms with van der Waals surface area (Å²) in [5, 5.41) is 0. The van der Waals surface area contributed by atoms with Gasteiger partial charge < -0.3 is 15.4 Å². The van der Waals surface area contributed by atoms with E-state index in [0.29, 0.717) is 17.5 Å². The average Bonchev–Trinajstić information content (AvgIpc) is 3.13. The van der Waals surface area contributed by atoms with E-state index in [1.807, 2.05) is 26.1 Å². The van der Waals surface area contributed by atoms with Crippen molar-refractivity contribution in [3.05, 3.63) is 23.8 Å². The fourth-order valence-electron chi connectivity index (χ4n) is 1.68. The molecule has 0 radical (unpaired) electrons. The predicted molar refractivity (Wildman–Crippen MR) is 66.9 cm³/mol. The number of amides is 1. The zero-order valence-corrected chi connectivity index (χ0v) is 10.3. The number of hydrogen-bond donors (Lipinski definition) is 1. The van der Waals surface area contributed by atoms with Crippen molar-refractivity contribution >= 4 is 11.6 Å². The highest BCUT2D eigenvalue weighted by atomic mass is 16.5. The highest BCUT2D eigenvalue weighted by Gasteiger charge is 2.29. The largest absolute Gasteiger partial charge is 0.483 e.